The zero-order valence-corrected chi connectivity index (χ0v) is 6.21. The Hall–Kier alpha value is -0.690. The Bertz CT molecular complexity index is 185. The fraction of sp³-hybridized carbons (Fsp3) is 0.833. The van der Waals surface area contributed by atoms with Crippen LogP contribution in [0.2, 0.25) is 0 Å². The fourth-order valence-electron chi connectivity index (χ4n) is 1.15. The molecule has 1 rings (SSSR count). The Labute approximate surface area is 68.4 Å². The molecule has 0 saturated carbocycles. The molecule has 0 spiro atoms. The van der Waals surface area contributed by atoms with E-state index in [0.717, 1.165) is 0 Å². The fourth-order valence-corrected chi connectivity index (χ4v) is 1.15. The Morgan fingerprint density at radius 1 is 1.25 bits per heavy atom. The summed E-state index contributed by atoms with van der Waals surface area (Å²) in [5.74, 6) is -1.24. The van der Waals surface area contributed by atoms with Crippen molar-refractivity contribution in [3.8, 4) is 0 Å². The summed E-state index contributed by atoms with van der Waals surface area (Å²) in [5.41, 5.74) is 0. The molecule has 6 heteroatoms. The van der Waals surface area contributed by atoms with Crippen molar-refractivity contribution in [1.82, 2.24) is 5.32 Å². The zero-order chi connectivity index (χ0) is 9.30. The number of piperidine rings is 1. The van der Waals surface area contributed by atoms with Crippen LogP contribution in [0, 0.1) is 0 Å². The lowest BCUT2D eigenvalue weighted by atomic mass is 9.96. The second-order valence-electron chi connectivity index (χ2n) is 2.77. The van der Waals surface area contributed by atoms with Gasteiger partial charge < -0.3 is 20.4 Å². The molecule has 1 heterocycles. The number of β-amino-alcohol motifs (C(OH)–C–C–N with tert-alkyl or cyclic N) is 1. The van der Waals surface area contributed by atoms with E-state index >= 15 is 0 Å². The van der Waals surface area contributed by atoms with Gasteiger partial charge in [-0.25, -0.2) is 0 Å². The SMILES string of the molecule is O=C(O)[C@@H]1NC[C@@H](O)[C@H](O)[C@H]1O. The Balaban J connectivity index is 2.65. The largest absolute Gasteiger partial charge is 0.480 e. The molecular weight excluding hydrogens is 166 g/mol. The van der Waals surface area contributed by atoms with Crippen molar-refractivity contribution in [2.24, 2.45) is 0 Å². The smallest absolute Gasteiger partial charge is 0.323 e. The summed E-state index contributed by atoms with van der Waals surface area (Å²) in [5, 5.41) is 38.1. The summed E-state index contributed by atoms with van der Waals surface area (Å²) < 4.78 is 0. The molecule has 0 amide bonds. The molecule has 0 aliphatic carbocycles. The van der Waals surface area contributed by atoms with E-state index < -0.39 is 30.3 Å². The van der Waals surface area contributed by atoms with Crippen LogP contribution < -0.4 is 5.32 Å². The van der Waals surface area contributed by atoms with Gasteiger partial charge in [-0.1, -0.05) is 0 Å². The molecule has 5 N–H and O–H groups in total. The molecule has 6 nitrogen and oxygen atoms in total. The van der Waals surface area contributed by atoms with Gasteiger partial charge in [-0.2, -0.15) is 0 Å². The van der Waals surface area contributed by atoms with Crippen LogP contribution in [0.15, 0.2) is 0 Å². The summed E-state index contributed by atoms with van der Waals surface area (Å²) in [4.78, 5) is 10.4. The predicted molar refractivity (Wildman–Crippen MR) is 37.4 cm³/mol. The number of carboxylic acid groups (broad SMARTS) is 1. The van der Waals surface area contributed by atoms with Crippen molar-refractivity contribution in [2.75, 3.05) is 6.54 Å². The van der Waals surface area contributed by atoms with Crippen LogP contribution in [-0.2, 0) is 4.79 Å². The quantitative estimate of drug-likeness (QED) is 0.294. The van der Waals surface area contributed by atoms with Gasteiger partial charge >= 0.3 is 5.97 Å². The van der Waals surface area contributed by atoms with Gasteiger partial charge in [0.2, 0.25) is 0 Å². The highest BCUT2D eigenvalue weighted by atomic mass is 16.4. The molecule has 0 aromatic carbocycles. The van der Waals surface area contributed by atoms with E-state index in [1.165, 1.54) is 0 Å². The number of aliphatic carboxylic acids is 1. The maximum atomic E-state index is 10.4. The van der Waals surface area contributed by atoms with Gasteiger partial charge in [-0.05, 0) is 0 Å². The third-order valence-corrected chi connectivity index (χ3v) is 1.90. The summed E-state index contributed by atoms with van der Waals surface area (Å²) in [6.45, 7) is -0.0325. The van der Waals surface area contributed by atoms with Crippen molar-refractivity contribution >= 4 is 5.97 Å². The normalized spacial score (nSPS) is 42.6. The van der Waals surface area contributed by atoms with Crippen molar-refractivity contribution < 1.29 is 25.2 Å². The summed E-state index contributed by atoms with van der Waals surface area (Å²) in [7, 11) is 0. The van der Waals surface area contributed by atoms with Crippen molar-refractivity contribution in [3.05, 3.63) is 0 Å². The van der Waals surface area contributed by atoms with E-state index in [4.69, 9.17) is 20.4 Å². The predicted octanol–water partition coefficient (Wildman–Crippen LogP) is -2.87. The van der Waals surface area contributed by atoms with E-state index in [2.05, 4.69) is 5.32 Å². The lowest BCUT2D eigenvalue weighted by molar-refractivity contribution is -0.152. The third-order valence-electron chi connectivity index (χ3n) is 1.90. The van der Waals surface area contributed by atoms with Crippen LogP contribution in [-0.4, -0.2) is 57.3 Å². The van der Waals surface area contributed by atoms with E-state index in [9.17, 15) is 4.79 Å². The zero-order valence-electron chi connectivity index (χ0n) is 6.21. The molecule has 1 aliphatic rings. The van der Waals surface area contributed by atoms with E-state index in [1.54, 1.807) is 0 Å². The lowest BCUT2D eigenvalue weighted by Gasteiger charge is -2.33. The maximum Gasteiger partial charge on any atom is 0.323 e. The minimum Gasteiger partial charge on any atom is -0.480 e. The average molecular weight is 177 g/mol. The van der Waals surface area contributed by atoms with Gasteiger partial charge in [-0.3, -0.25) is 10.1 Å². The van der Waals surface area contributed by atoms with Crippen LogP contribution in [0.1, 0.15) is 0 Å². The third kappa shape index (κ3) is 1.56. The average Bonchev–Trinajstić information content (AvgIpc) is 2.00. The summed E-state index contributed by atoms with van der Waals surface area (Å²) >= 11 is 0. The molecule has 4 atom stereocenters. The van der Waals surface area contributed by atoms with Crippen molar-refractivity contribution in [3.63, 3.8) is 0 Å². The number of hydrogen-bond donors (Lipinski definition) is 5. The number of rotatable bonds is 1. The number of carbonyl (C=O) groups is 1. The van der Waals surface area contributed by atoms with Crippen molar-refractivity contribution in [1.29, 1.82) is 0 Å². The first-order chi connectivity index (χ1) is 5.54. The lowest BCUT2D eigenvalue weighted by Crippen LogP contribution is -2.62. The minimum absolute atomic E-state index is 0.0325. The number of carboxylic acids is 1. The Morgan fingerprint density at radius 3 is 2.33 bits per heavy atom. The first kappa shape index (κ1) is 9.40. The van der Waals surface area contributed by atoms with E-state index in [0.29, 0.717) is 0 Å². The summed E-state index contributed by atoms with van der Waals surface area (Å²) in [6, 6.07) is -1.21. The Kier molecular flexibility index (Phi) is 2.63. The molecule has 0 bridgehead atoms. The van der Waals surface area contributed by atoms with Gasteiger partial charge in [0.05, 0.1) is 6.10 Å². The van der Waals surface area contributed by atoms with E-state index in [-0.39, 0.29) is 6.54 Å². The monoisotopic (exact) mass is 177 g/mol. The second-order valence-corrected chi connectivity index (χ2v) is 2.77. The number of nitrogens with one attached hydrogen (secondary N) is 1. The highest BCUT2D eigenvalue weighted by Gasteiger charge is 2.39. The molecule has 12 heavy (non-hydrogen) atoms. The molecule has 1 fully saturated rings. The van der Waals surface area contributed by atoms with Gasteiger partial charge in [0.1, 0.15) is 18.2 Å². The number of aliphatic hydroxyl groups excluding tert-OH is 3. The van der Waals surface area contributed by atoms with Crippen LogP contribution >= 0.6 is 0 Å². The molecule has 0 aromatic rings. The van der Waals surface area contributed by atoms with Crippen LogP contribution in [0.4, 0.5) is 0 Å². The van der Waals surface area contributed by atoms with Crippen molar-refractivity contribution in [2.45, 2.75) is 24.4 Å². The molecule has 0 radical (unpaired) electrons. The molecule has 0 unspecified atom stereocenters. The highest BCUT2D eigenvalue weighted by molar-refractivity contribution is 5.74. The molecule has 1 saturated heterocycles. The Morgan fingerprint density at radius 2 is 1.83 bits per heavy atom. The van der Waals surface area contributed by atoms with Crippen LogP contribution in [0.5, 0.6) is 0 Å². The summed E-state index contributed by atoms with van der Waals surface area (Å²) in [6.07, 6.45) is -3.98. The minimum atomic E-state index is -1.47. The van der Waals surface area contributed by atoms with Crippen LogP contribution in [0.3, 0.4) is 0 Å². The molecule has 0 aromatic heterocycles. The van der Waals surface area contributed by atoms with Gasteiger partial charge in [-0.15, -0.1) is 0 Å². The molecule has 1 aliphatic heterocycles. The topological polar surface area (TPSA) is 110 Å². The standard InChI is InChI=1S/C6H11NO5/c8-2-1-7-3(6(11)12)5(10)4(2)9/h2-5,7-10H,1H2,(H,11,12)/t2-,3-,4+,5+/m1/s1. The number of aliphatic hydroxyl groups is 3. The highest BCUT2D eigenvalue weighted by Crippen LogP contribution is 2.10. The first-order valence-corrected chi connectivity index (χ1v) is 3.54. The van der Waals surface area contributed by atoms with Crippen LogP contribution in [0.25, 0.3) is 0 Å². The van der Waals surface area contributed by atoms with E-state index in [1.807, 2.05) is 0 Å². The van der Waals surface area contributed by atoms with Gasteiger partial charge in [0.25, 0.3) is 0 Å². The number of hydrogen-bond acceptors (Lipinski definition) is 5. The second kappa shape index (κ2) is 3.36. The molecular formula is C6H11NO5. The maximum absolute atomic E-state index is 10.4. The van der Waals surface area contributed by atoms with Gasteiger partial charge in [0.15, 0.2) is 0 Å². The van der Waals surface area contributed by atoms with Gasteiger partial charge in [0, 0.05) is 6.54 Å². The first-order valence-electron chi connectivity index (χ1n) is 3.54. The molecule has 70 valence electrons.